The summed E-state index contributed by atoms with van der Waals surface area (Å²) in [7, 11) is 0. The molecule has 1 aromatic carbocycles. The average molecular weight is 190 g/mol. The first-order valence-electron chi connectivity index (χ1n) is 4.66. The zero-order valence-electron chi connectivity index (χ0n) is 8.89. The maximum atomic E-state index is 13.3. The third-order valence-corrected chi connectivity index (χ3v) is 2.48. The summed E-state index contributed by atoms with van der Waals surface area (Å²) in [4.78, 5) is 0. The van der Waals surface area contributed by atoms with Crippen LogP contribution in [0.2, 0.25) is 0 Å². The summed E-state index contributed by atoms with van der Waals surface area (Å²) in [6.45, 7) is 9.46. The standard InChI is InChI=1S/C13H15F/c1-5-9(3)13-10(4)12(14)8-7-11(13)6-2/h5-8H,2H2,1,3-4H3/b9-5-. The van der Waals surface area contributed by atoms with Gasteiger partial charge in [-0.2, -0.15) is 0 Å². The summed E-state index contributed by atoms with van der Waals surface area (Å²) in [5.41, 5.74) is 3.72. The minimum absolute atomic E-state index is 0.160. The van der Waals surface area contributed by atoms with Gasteiger partial charge in [-0.15, -0.1) is 0 Å². The SMILES string of the molecule is C=Cc1ccc(F)c(C)c1/C(C)=C\C. The van der Waals surface area contributed by atoms with Gasteiger partial charge in [0.2, 0.25) is 0 Å². The molecule has 0 spiro atoms. The number of hydrogen-bond acceptors (Lipinski definition) is 0. The van der Waals surface area contributed by atoms with E-state index in [4.69, 9.17) is 0 Å². The topological polar surface area (TPSA) is 0 Å². The molecule has 0 atom stereocenters. The van der Waals surface area contributed by atoms with Crippen LogP contribution in [-0.4, -0.2) is 0 Å². The van der Waals surface area contributed by atoms with Crippen molar-refractivity contribution in [2.45, 2.75) is 20.8 Å². The highest BCUT2D eigenvalue weighted by molar-refractivity contribution is 5.75. The molecule has 0 fully saturated rings. The lowest BCUT2D eigenvalue weighted by Gasteiger charge is -2.10. The second-order valence-corrected chi connectivity index (χ2v) is 3.31. The van der Waals surface area contributed by atoms with E-state index in [1.165, 1.54) is 6.07 Å². The van der Waals surface area contributed by atoms with Crippen molar-refractivity contribution in [3.8, 4) is 0 Å². The molecule has 0 N–H and O–H groups in total. The van der Waals surface area contributed by atoms with E-state index in [0.29, 0.717) is 5.56 Å². The molecule has 0 aliphatic carbocycles. The summed E-state index contributed by atoms with van der Waals surface area (Å²) >= 11 is 0. The van der Waals surface area contributed by atoms with E-state index in [-0.39, 0.29) is 5.82 Å². The minimum Gasteiger partial charge on any atom is -0.207 e. The number of benzene rings is 1. The molecule has 0 aliphatic rings. The van der Waals surface area contributed by atoms with E-state index in [0.717, 1.165) is 16.7 Å². The molecule has 0 aliphatic heterocycles. The summed E-state index contributed by atoms with van der Waals surface area (Å²) in [5.74, 6) is -0.160. The molecular weight excluding hydrogens is 175 g/mol. The van der Waals surface area contributed by atoms with Gasteiger partial charge < -0.3 is 0 Å². The smallest absolute Gasteiger partial charge is 0.126 e. The Morgan fingerprint density at radius 1 is 1.43 bits per heavy atom. The van der Waals surface area contributed by atoms with Crippen molar-refractivity contribution in [2.75, 3.05) is 0 Å². The van der Waals surface area contributed by atoms with Crippen molar-refractivity contribution < 1.29 is 4.39 Å². The summed E-state index contributed by atoms with van der Waals surface area (Å²) in [6.07, 6.45) is 3.74. The van der Waals surface area contributed by atoms with Gasteiger partial charge in [0.1, 0.15) is 5.82 Å². The van der Waals surface area contributed by atoms with Crippen LogP contribution in [0.15, 0.2) is 24.8 Å². The van der Waals surface area contributed by atoms with Crippen LogP contribution in [0.25, 0.3) is 11.6 Å². The van der Waals surface area contributed by atoms with Gasteiger partial charge in [-0.05, 0) is 49.1 Å². The van der Waals surface area contributed by atoms with Gasteiger partial charge >= 0.3 is 0 Å². The van der Waals surface area contributed by atoms with Gasteiger partial charge in [-0.3, -0.25) is 0 Å². The first-order chi connectivity index (χ1) is 6.61. The Morgan fingerprint density at radius 3 is 2.57 bits per heavy atom. The van der Waals surface area contributed by atoms with Crippen LogP contribution in [0.3, 0.4) is 0 Å². The predicted molar refractivity (Wildman–Crippen MR) is 60.6 cm³/mol. The second kappa shape index (κ2) is 4.23. The fraction of sp³-hybridized carbons (Fsp3) is 0.231. The Balaban J connectivity index is 3.51. The zero-order chi connectivity index (χ0) is 10.7. The van der Waals surface area contributed by atoms with E-state index >= 15 is 0 Å². The third-order valence-electron chi connectivity index (χ3n) is 2.48. The fourth-order valence-electron chi connectivity index (χ4n) is 1.55. The summed E-state index contributed by atoms with van der Waals surface area (Å²) < 4.78 is 13.3. The van der Waals surface area contributed by atoms with Crippen LogP contribution in [0.4, 0.5) is 4.39 Å². The van der Waals surface area contributed by atoms with E-state index in [1.54, 1.807) is 19.1 Å². The van der Waals surface area contributed by atoms with Crippen LogP contribution >= 0.6 is 0 Å². The first-order valence-corrected chi connectivity index (χ1v) is 4.66. The van der Waals surface area contributed by atoms with Gasteiger partial charge in [0.05, 0.1) is 0 Å². The summed E-state index contributed by atoms with van der Waals surface area (Å²) in [6, 6.07) is 3.25. The van der Waals surface area contributed by atoms with Gasteiger partial charge in [0, 0.05) is 0 Å². The van der Waals surface area contributed by atoms with Crippen molar-refractivity contribution in [1.82, 2.24) is 0 Å². The second-order valence-electron chi connectivity index (χ2n) is 3.31. The maximum Gasteiger partial charge on any atom is 0.126 e. The van der Waals surface area contributed by atoms with E-state index in [9.17, 15) is 4.39 Å². The van der Waals surface area contributed by atoms with Gasteiger partial charge in [0.15, 0.2) is 0 Å². The molecule has 1 rings (SSSR count). The summed E-state index contributed by atoms with van der Waals surface area (Å²) in [5, 5.41) is 0. The van der Waals surface area contributed by atoms with E-state index in [2.05, 4.69) is 6.58 Å². The van der Waals surface area contributed by atoms with Crippen LogP contribution in [-0.2, 0) is 0 Å². The lowest BCUT2D eigenvalue weighted by molar-refractivity contribution is 0.617. The average Bonchev–Trinajstić information content (AvgIpc) is 2.20. The van der Waals surface area contributed by atoms with Crippen molar-refractivity contribution in [2.24, 2.45) is 0 Å². The highest BCUT2D eigenvalue weighted by atomic mass is 19.1. The predicted octanol–water partition coefficient (Wildman–Crippen LogP) is 4.20. The molecule has 0 nitrogen and oxygen atoms in total. The Kier molecular flexibility index (Phi) is 3.23. The van der Waals surface area contributed by atoms with Crippen LogP contribution in [0.5, 0.6) is 0 Å². The van der Waals surface area contributed by atoms with E-state index in [1.807, 2.05) is 19.9 Å². The Labute approximate surface area is 84.8 Å². The number of rotatable bonds is 2. The molecule has 0 radical (unpaired) electrons. The number of hydrogen-bond donors (Lipinski definition) is 0. The molecule has 0 unspecified atom stereocenters. The van der Waals surface area contributed by atoms with Crippen molar-refractivity contribution in [3.63, 3.8) is 0 Å². The van der Waals surface area contributed by atoms with Crippen LogP contribution < -0.4 is 0 Å². The highest BCUT2D eigenvalue weighted by Gasteiger charge is 2.08. The lowest BCUT2D eigenvalue weighted by atomic mass is 9.95. The molecular formula is C13H15F. The quantitative estimate of drug-likeness (QED) is 0.655. The molecule has 0 bridgehead atoms. The molecule has 0 heterocycles. The first kappa shape index (κ1) is 10.7. The Bertz CT molecular complexity index is 386. The molecule has 0 amide bonds. The Morgan fingerprint density at radius 2 is 2.07 bits per heavy atom. The fourth-order valence-corrected chi connectivity index (χ4v) is 1.55. The number of halogens is 1. The molecule has 1 aromatic rings. The van der Waals surface area contributed by atoms with Gasteiger partial charge in [-0.25, -0.2) is 4.39 Å². The van der Waals surface area contributed by atoms with E-state index < -0.39 is 0 Å². The van der Waals surface area contributed by atoms with Crippen molar-refractivity contribution >= 4 is 11.6 Å². The third kappa shape index (κ3) is 1.77. The molecule has 0 aromatic heterocycles. The van der Waals surface area contributed by atoms with Gasteiger partial charge in [-0.1, -0.05) is 24.8 Å². The minimum atomic E-state index is -0.160. The van der Waals surface area contributed by atoms with Crippen LogP contribution in [0.1, 0.15) is 30.5 Å². The molecule has 14 heavy (non-hydrogen) atoms. The highest BCUT2D eigenvalue weighted by Crippen LogP contribution is 2.25. The van der Waals surface area contributed by atoms with Crippen LogP contribution in [0, 0.1) is 12.7 Å². The van der Waals surface area contributed by atoms with Crippen molar-refractivity contribution in [3.05, 3.63) is 47.3 Å². The maximum absolute atomic E-state index is 13.3. The largest absolute Gasteiger partial charge is 0.207 e. The zero-order valence-corrected chi connectivity index (χ0v) is 8.89. The lowest BCUT2D eigenvalue weighted by Crippen LogP contribution is -1.94. The molecule has 0 saturated carbocycles. The van der Waals surface area contributed by atoms with Crippen molar-refractivity contribution in [1.29, 1.82) is 0 Å². The van der Waals surface area contributed by atoms with Gasteiger partial charge in [0.25, 0.3) is 0 Å². The monoisotopic (exact) mass is 190 g/mol. The Hall–Kier alpha value is -1.37. The molecule has 1 heteroatoms. The number of allylic oxidation sites excluding steroid dienone is 2. The molecule has 0 saturated heterocycles. The molecule has 74 valence electrons. The normalized spacial score (nSPS) is 11.6.